The van der Waals surface area contributed by atoms with Crippen molar-refractivity contribution in [3.8, 4) is 0 Å². The Morgan fingerprint density at radius 1 is 1.40 bits per heavy atom. The van der Waals surface area contributed by atoms with Gasteiger partial charge in [0.1, 0.15) is 0 Å². The highest BCUT2D eigenvalue weighted by atomic mass is 32.2. The van der Waals surface area contributed by atoms with Gasteiger partial charge >= 0.3 is 0 Å². The highest BCUT2D eigenvalue weighted by molar-refractivity contribution is 7.89. The first kappa shape index (κ1) is 11.4. The molecule has 2 fully saturated rings. The first-order valence-corrected chi connectivity index (χ1v) is 7.42. The van der Waals surface area contributed by atoms with Gasteiger partial charge in [0.25, 0.3) is 0 Å². The van der Waals surface area contributed by atoms with Crippen LogP contribution in [0.15, 0.2) is 0 Å². The minimum Gasteiger partial charge on any atom is -0.330 e. The van der Waals surface area contributed by atoms with Crippen LogP contribution in [0, 0.1) is 5.92 Å². The summed E-state index contributed by atoms with van der Waals surface area (Å²) in [6.07, 6.45) is 3.72. The maximum atomic E-state index is 12.0. The largest absolute Gasteiger partial charge is 0.330 e. The van der Waals surface area contributed by atoms with Gasteiger partial charge in [-0.25, -0.2) is 8.42 Å². The number of hydrogen-bond acceptors (Lipinski definition) is 3. The predicted molar refractivity (Wildman–Crippen MR) is 59.9 cm³/mol. The van der Waals surface area contributed by atoms with Crippen molar-refractivity contribution in [3.05, 3.63) is 0 Å². The summed E-state index contributed by atoms with van der Waals surface area (Å²) in [6.45, 7) is 2.54. The molecule has 0 saturated carbocycles. The third kappa shape index (κ3) is 1.81. The molecule has 2 saturated heterocycles. The van der Waals surface area contributed by atoms with Crippen molar-refractivity contribution in [2.75, 3.05) is 12.3 Å². The molecule has 0 radical (unpaired) electrons. The van der Waals surface area contributed by atoms with Gasteiger partial charge in [0.15, 0.2) is 0 Å². The molecule has 4 nitrogen and oxygen atoms in total. The second-order valence-corrected chi connectivity index (χ2v) is 6.67. The zero-order chi connectivity index (χ0) is 11.1. The van der Waals surface area contributed by atoms with Crippen LogP contribution in [0.2, 0.25) is 0 Å². The Balaban J connectivity index is 2.18. The molecule has 0 aromatic carbocycles. The molecule has 15 heavy (non-hydrogen) atoms. The van der Waals surface area contributed by atoms with Gasteiger partial charge in [-0.2, -0.15) is 4.31 Å². The van der Waals surface area contributed by atoms with Crippen LogP contribution in [0.25, 0.3) is 0 Å². The fourth-order valence-electron chi connectivity index (χ4n) is 3.11. The van der Waals surface area contributed by atoms with E-state index in [9.17, 15) is 8.42 Å². The summed E-state index contributed by atoms with van der Waals surface area (Å²) in [7, 11) is -3.01. The first-order valence-electron chi connectivity index (χ1n) is 5.81. The lowest BCUT2D eigenvalue weighted by Crippen LogP contribution is -2.38. The minimum absolute atomic E-state index is 0.205. The Morgan fingerprint density at radius 2 is 2.13 bits per heavy atom. The van der Waals surface area contributed by atoms with Crippen molar-refractivity contribution in [3.63, 3.8) is 0 Å². The number of nitrogens with two attached hydrogens (primary N) is 1. The van der Waals surface area contributed by atoms with E-state index in [2.05, 4.69) is 0 Å². The van der Waals surface area contributed by atoms with Gasteiger partial charge in [-0.1, -0.05) is 6.92 Å². The SMILES string of the molecule is CCCS(=O)(=O)N1C2CCC1C(CN)C2. The molecule has 2 aliphatic heterocycles. The van der Waals surface area contributed by atoms with E-state index in [-0.39, 0.29) is 17.8 Å². The number of nitrogens with zero attached hydrogens (tertiary/aromatic N) is 1. The Morgan fingerprint density at radius 3 is 2.67 bits per heavy atom. The molecule has 0 aromatic heterocycles. The smallest absolute Gasteiger partial charge is 0.214 e. The summed E-state index contributed by atoms with van der Waals surface area (Å²) < 4.78 is 25.9. The molecular weight excluding hydrogens is 212 g/mol. The van der Waals surface area contributed by atoms with E-state index < -0.39 is 10.0 Å². The van der Waals surface area contributed by atoms with E-state index >= 15 is 0 Å². The molecular formula is C10H20N2O2S. The van der Waals surface area contributed by atoms with Crippen LogP contribution in [0.3, 0.4) is 0 Å². The van der Waals surface area contributed by atoms with E-state index in [0.717, 1.165) is 19.3 Å². The van der Waals surface area contributed by atoms with E-state index in [1.54, 1.807) is 4.31 Å². The summed E-state index contributed by atoms with van der Waals surface area (Å²) in [5.74, 6) is 0.687. The Labute approximate surface area is 91.9 Å². The number of rotatable bonds is 4. The van der Waals surface area contributed by atoms with E-state index in [1.807, 2.05) is 6.92 Å². The van der Waals surface area contributed by atoms with E-state index in [4.69, 9.17) is 5.73 Å². The molecule has 2 aliphatic rings. The third-order valence-corrected chi connectivity index (χ3v) is 5.82. The zero-order valence-electron chi connectivity index (χ0n) is 9.22. The summed E-state index contributed by atoms with van der Waals surface area (Å²) in [5.41, 5.74) is 5.68. The average molecular weight is 232 g/mol. The van der Waals surface area contributed by atoms with Crippen LogP contribution < -0.4 is 5.73 Å². The average Bonchev–Trinajstić information content (AvgIpc) is 2.74. The summed E-state index contributed by atoms with van der Waals surface area (Å²) in [6, 6.07) is 0.455. The van der Waals surface area contributed by atoms with Gasteiger partial charge in [-0.15, -0.1) is 0 Å². The molecule has 88 valence electrons. The molecule has 0 spiro atoms. The molecule has 5 heteroatoms. The van der Waals surface area contributed by atoms with Crippen LogP contribution in [0.1, 0.15) is 32.6 Å². The second-order valence-electron chi connectivity index (χ2n) is 4.68. The van der Waals surface area contributed by atoms with Gasteiger partial charge in [0.2, 0.25) is 10.0 Å². The molecule has 3 unspecified atom stereocenters. The predicted octanol–water partition coefficient (Wildman–Crippen LogP) is 0.538. The summed E-state index contributed by atoms with van der Waals surface area (Å²) >= 11 is 0. The molecule has 0 aliphatic carbocycles. The van der Waals surface area contributed by atoms with Crippen molar-refractivity contribution in [1.82, 2.24) is 4.31 Å². The van der Waals surface area contributed by atoms with Crippen LogP contribution in [-0.4, -0.2) is 37.1 Å². The molecule has 0 aromatic rings. The van der Waals surface area contributed by atoms with Crippen molar-refractivity contribution in [2.45, 2.75) is 44.7 Å². The van der Waals surface area contributed by atoms with Crippen molar-refractivity contribution in [2.24, 2.45) is 11.7 Å². The molecule has 2 N–H and O–H groups in total. The van der Waals surface area contributed by atoms with Crippen LogP contribution in [0.5, 0.6) is 0 Å². The zero-order valence-corrected chi connectivity index (χ0v) is 10.0. The fourth-order valence-corrected chi connectivity index (χ4v) is 5.17. The van der Waals surface area contributed by atoms with Crippen molar-refractivity contribution in [1.29, 1.82) is 0 Å². The van der Waals surface area contributed by atoms with Gasteiger partial charge in [0, 0.05) is 12.1 Å². The molecule has 2 bridgehead atoms. The second kappa shape index (κ2) is 4.03. The van der Waals surface area contributed by atoms with Crippen LogP contribution >= 0.6 is 0 Å². The van der Waals surface area contributed by atoms with Crippen LogP contribution in [0.4, 0.5) is 0 Å². The lowest BCUT2D eigenvalue weighted by Gasteiger charge is -2.23. The summed E-state index contributed by atoms with van der Waals surface area (Å²) in [5, 5.41) is 0. The fraction of sp³-hybridized carbons (Fsp3) is 1.00. The van der Waals surface area contributed by atoms with Gasteiger partial charge in [0.05, 0.1) is 5.75 Å². The normalized spacial score (nSPS) is 36.3. The number of fused-ring (bicyclic) bond motifs is 2. The van der Waals surface area contributed by atoms with Gasteiger partial charge < -0.3 is 5.73 Å². The lowest BCUT2D eigenvalue weighted by molar-refractivity contribution is 0.361. The van der Waals surface area contributed by atoms with Crippen molar-refractivity contribution >= 4 is 10.0 Å². The standard InChI is InChI=1S/C10H20N2O2S/c1-2-5-15(13,14)12-9-3-4-10(12)8(6-9)7-11/h8-10H,2-7,11H2,1H3. The Hall–Kier alpha value is -0.130. The topological polar surface area (TPSA) is 63.4 Å². The van der Waals surface area contributed by atoms with Gasteiger partial charge in [-0.3, -0.25) is 0 Å². The molecule has 0 amide bonds. The lowest BCUT2D eigenvalue weighted by atomic mass is 9.89. The highest BCUT2D eigenvalue weighted by Crippen LogP contribution is 2.43. The van der Waals surface area contributed by atoms with Crippen molar-refractivity contribution < 1.29 is 8.42 Å². The quantitative estimate of drug-likeness (QED) is 0.769. The maximum absolute atomic E-state index is 12.0. The van der Waals surface area contributed by atoms with E-state index in [1.165, 1.54) is 0 Å². The molecule has 3 atom stereocenters. The highest BCUT2D eigenvalue weighted by Gasteiger charge is 2.50. The third-order valence-electron chi connectivity index (χ3n) is 3.69. The minimum atomic E-state index is -3.01. The monoisotopic (exact) mass is 232 g/mol. The van der Waals surface area contributed by atoms with Gasteiger partial charge in [-0.05, 0) is 38.1 Å². The Kier molecular flexibility index (Phi) is 3.05. The number of sulfonamides is 1. The summed E-state index contributed by atoms with van der Waals surface area (Å²) in [4.78, 5) is 0. The molecule has 2 heterocycles. The van der Waals surface area contributed by atoms with Crippen LogP contribution in [-0.2, 0) is 10.0 Å². The first-order chi connectivity index (χ1) is 7.10. The maximum Gasteiger partial charge on any atom is 0.214 e. The Bertz CT molecular complexity index is 328. The molecule has 2 rings (SSSR count). The van der Waals surface area contributed by atoms with E-state index in [0.29, 0.717) is 18.9 Å². The number of hydrogen-bond donors (Lipinski definition) is 1.